The second-order valence-corrected chi connectivity index (χ2v) is 9.62. The summed E-state index contributed by atoms with van der Waals surface area (Å²) < 4.78 is 13.1. The van der Waals surface area contributed by atoms with Crippen LogP contribution in [0.15, 0.2) is 24.3 Å². The highest BCUT2D eigenvalue weighted by Crippen LogP contribution is 2.37. The highest BCUT2D eigenvalue weighted by atomic mass is 16.5. The van der Waals surface area contributed by atoms with Gasteiger partial charge in [0.2, 0.25) is 0 Å². The lowest BCUT2D eigenvalue weighted by molar-refractivity contribution is 0.0151. The highest BCUT2D eigenvalue weighted by Gasteiger charge is 2.39. The van der Waals surface area contributed by atoms with Gasteiger partial charge in [0, 0.05) is 37.8 Å². The Balaban J connectivity index is 1.48. The van der Waals surface area contributed by atoms with Crippen molar-refractivity contribution in [1.29, 1.82) is 0 Å². The lowest BCUT2D eigenvalue weighted by atomic mass is 9.76. The summed E-state index contributed by atoms with van der Waals surface area (Å²) in [5.41, 5.74) is 3.31. The van der Waals surface area contributed by atoms with Gasteiger partial charge in [0.25, 0.3) is 5.91 Å². The van der Waals surface area contributed by atoms with Crippen LogP contribution in [-0.4, -0.2) is 53.8 Å². The second-order valence-electron chi connectivity index (χ2n) is 9.62. The van der Waals surface area contributed by atoms with Crippen LogP contribution in [0.25, 0.3) is 0 Å². The fourth-order valence-corrected chi connectivity index (χ4v) is 4.84. The number of ketones is 1. The molecule has 3 heterocycles. The summed E-state index contributed by atoms with van der Waals surface area (Å²) in [4.78, 5) is 37.1. The summed E-state index contributed by atoms with van der Waals surface area (Å²) in [6.07, 6.45) is 3.27. The largest absolute Gasteiger partial charge is 0.462 e. The van der Waals surface area contributed by atoms with Crippen LogP contribution in [0, 0.1) is 11.3 Å². The Bertz CT molecular complexity index is 1080. The van der Waals surface area contributed by atoms with Crippen molar-refractivity contribution in [2.24, 2.45) is 11.3 Å². The standard InChI is InChI=1S/C26H33N3O5/c1-4-21-23-22(13-26(16-27-24(23)31)8-10-33-11-9-26)29(28-21)14-17(2)15-34-25(32)20-7-5-6-19(12-20)18(3)30/h5-7,12,17H,4,8-11,13-16H2,1-3H3,(H,27,31)/t17-/m1/s1. The van der Waals surface area contributed by atoms with Crippen LogP contribution < -0.4 is 5.32 Å². The summed E-state index contributed by atoms with van der Waals surface area (Å²) >= 11 is 0. The number of esters is 1. The number of amides is 1. The molecule has 0 radical (unpaired) electrons. The average Bonchev–Trinajstić information content (AvgIpc) is 3.11. The molecular weight excluding hydrogens is 434 g/mol. The molecule has 1 N–H and O–H groups in total. The first-order chi connectivity index (χ1) is 16.3. The van der Waals surface area contributed by atoms with Gasteiger partial charge >= 0.3 is 5.97 Å². The number of hydrogen-bond acceptors (Lipinski definition) is 6. The van der Waals surface area contributed by atoms with Gasteiger partial charge in [-0.3, -0.25) is 14.3 Å². The van der Waals surface area contributed by atoms with Gasteiger partial charge < -0.3 is 14.8 Å². The predicted octanol–water partition coefficient (Wildman–Crippen LogP) is 3.22. The molecule has 1 aromatic carbocycles. The highest BCUT2D eigenvalue weighted by molar-refractivity contribution is 5.98. The first kappa shape index (κ1) is 24.1. The minimum atomic E-state index is -0.455. The van der Waals surface area contributed by atoms with E-state index < -0.39 is 5.97 Å². The number of carbonyl (C=O) groups is 3. The molecule has 0 saturated carbocycles. The number of nitrogens with zero attached hydrogens (tertiary/aromatic N) is 2. The van der Waals surface area contributed by atoms with Crippen molar-refractivity contribution in [2.75, 3.05) is 26.4 Å². The quantitative estimate of drug-likeness (QED) is 0.496. The molecular formula is C26H33N3O5. The van der Waals surface area contributed by atoms with Gasteiger partial charge in [0.1, 0.15) is 0 Å². The molecule has 0 unspecified atom stereocenters. The molecule has 1 amide bonds. The van der Waals surface area contributed by atoms with E-state index in [1.807, 2.05) is 18.5 Å². The number of aromatic nitrogens is 2. The number of nitrogens with one attached hydrogen (secondary N) is 1. The molecule has 1 fully saturated rings. The number of aryl methyl sites for hydroxylation is 1. The maximum absolute atomic E-state index is 13.0. The van der Waals surface area contributed by atoms with Gasteiger partial charge in [0.05, 0.1) is 29.1 Å². The monoisotopic (exact) mass is 467 g/mol. The number of fused-ring (bicyclic) bond motifs is 1. The Morgan fingerprint density at radius 3 is 2.71 bits per heavy atom. The zero-order valence-corrected chi connectivity index (χ0v) is 20.2. The topological polar surface area (TPSA) is 99.5 Å². The molecule has 0 aliphatic carbocycles. The molecule has 2 aliphatic rings. The van der Waals surface area contributed by atoms with Crippen molar-refractivity contribution < 1.29 is 23.9 Å². The molecule has 4 rings (SSSR count). The second kappa shape index (κ2) is 10.1. The molecule has 182 valence electrons. The first-order valence-electron chi connectivity index (χ1n) is 12.0. The SMILES string of the molecule is CCc1nn(C[C@@H](C)COC(=O)c2cccc(C(C)=O)c2)c2c1C(=O)NCC1(CCOCC1)C2. The number of rotatable bonds is 7. The summed E-state index contributed by atoms with van der Waals surface area (Å²) in [5.74, 6) is -0.610. The normalized spacial score (nSPS) is 18.0. The Morgan fingerprint density at radius 1 is 1.26 bits per heavy atom. The smallest absolute Gasteiger partial charge is 0.338 e. The molecule has 8 nitrogen and oxygen atoms in total. The number of carbonyl (C=O) groups excluding carboxylic acids is 3. The van der Waals surface area contributed by atoms with Gasteiger partial charge in [-0.1, -0.05) is 26.0 Å². The third-order valence-corrected chi connectivity index (χ3v) is 6.90. The molecule has 1 atom stereocenters. The van der Waals surface area contributed by atoms with Crippen molar-refractivity contribution in [3.63, 3.8) is 0 Å². The molecule has 8 heteroatoms. The van der Waals surface area contributed by atoms with Crippen LogP contribution in [0.5, 0.6) is 0 Å². The summed E-state index contributed by atoms with van der Waals surface area (Å²) in [7, 11) is 0. The predicted molar refractivity (Wildman–Crippen MR) is 126 cm³/mol. The minimum Gasteiger partial charge on any atom is -0.462 e. The molecule has 2 aliphatic heterocycles. The van der Waals surface area contributed by atoms with Gasteiger partial charge in [-0.25, -0.2) is 4.79 Å². The van der Waals surface area contributed by atoms with Crippen LogP contribution in [0.2, 0.25) is 0 Å². The average molecular weight is 468 g/mol. The third kappa shape index (κ3) is 5.06. The van der Waals surface area contributed by atoms with E-state index in [0.29, 0.717) is 49.4 Å². The molecule has 0 bridgehead atoms. The van der Waals surface area contributed by atoms with Crippen molar-refractivity contribution in [3.8, 4) is 0 Å². The van der Waals surface area contributed by atoms with Gasteiger partial charge in [-0.2, -0.15) is 5.10 Å². The zero-order valence-electron chi connectivity index (χ0n) is 20.2. The summed E-state index contributed by atoms with van der Waals surface area (Å²) in [6.45, 7) is 8.30. The van der Waals surface area contributed by atoms with Crippen LogP contribution in [0.3, 0.4) is 0 Å². The number of benzene rings is 1. The summed E-state index contributed by atoms with van der Waals surface area (Å²) in [6, 6.07) is 6.56. The maximum atomic E-state index is 13.0. The zero-order chi connectivity index (χ0) is 24.3. The lowest BCUT2D eigenvalue weighted by Crippen LogP contribution is -2.41. The van der Waals surface area contributed by atoms with Crippen molar-refractivity contribution in [1.82, 2.24) is 15.1 Å². The molecule has 1 spiro atoms. The maximum Gasteiger partial charge on any atom is 0.338 e. The van der Waals surface area contributed by atoms with E-state index in [0.717, 1.165) is 30.7 Å². The first-order valence-corrected chi connectivity index (χ1v) is 12.0. The molecule has 1 aromatic heterocycles. The molecule has 1 saturated heterocycles. The van der Waals surface area contributed by atoms with E-state index in [1.54, 1.807) is 24.3 Å². The molecule has 34 heavy (non-hydrogen) atoms. The van der Waals surface area contributed by atoms with Crippen LogP contribution in [0.1, 0.15) is 76.1 Å². The van der Waals surface area contributed by atoms with E-state index >= 15 is 0 Å². The summed E-state index contributed by atoms with van der Waals surface area (Å²) in [5, 5.41) is 7.92. The van der Waals surface area contributed by atoms with Crippen LogP contribution in [-0.2, 0) is 28.9 Å². The number of hydrogen-bond donors (Lipinski definition) is 1. The van der Waals surface area contributed by atoms with Crippen LogP contribution >= 0.6 is 0 Å². The van der Waals surface area contributed by atoms with Gasteiger partial charge in [-0.05, 0) is 50.2 Å². The third-order valence-electron chi connectivity index (χ3n) is 6.90. The van der Waals surface area contributed by atoms with E-state index in [1.165, 1.54) is 6.92 Å². The van der Waals surface area contributed by atoms with Gasteiger partial charge in [0.15, 0.2) is 5.78 Å². The fourth-order valence-electron chi connectivity index (χ4n) is 4.84. The Labute approximate surface area is 200 Å². The lowest BCUT2D eigenvalue weighted by Gasteiger charge is -2.36. The molecule has 2 aromatic rings. The Hall–Kier alpha value is -3.00. The van der Waals surface area contributed by atoms with Crippen molar-refractivity contribution in [3.05, 3.63) is 52.3 Å². The Morgan fingerprint density at radius 2 is 2.00 bits per heavy atom. The minimum absolute atomic E-state index is 0.00870. The fraction of sp³-hybridized carbons (Fsp3) is 0.538. The van der Waals surface area contributed by atoms with Gasteiger partial charge in [-0.15, -0.1) is 0 Å². The van der Waals surface area contributed by atoms with Crippen LogP contribution in [0.4, 0.5) is 0 Å². The Kier molecular flexibility index (Phi) is 7.16. The van der Waals surface area contributed by atoms with Crippen molar-refractivity contribution >= 4 is 17.7 Å². The van der Waals surface area contributed by atoms with Crippen molar-refractivity contribution in [2.45, 2.75) is 53.0 Å². The van der Waals surface area contributed by atoms with E-state index in [9.17, 15) is 14.4 Å². The van der Waals surface area contributed by atoms with E-state index in [4.69, 9.17) is 14.6 Å². The van der Waals surface area contributed by atoms with E-state index in [2.05, 4.69) is 5.32 Å². The number of Topliss-reactive ketones (excluding diaryl/α,β-unsaturated/α-hetero) is 1. The van der Waals surface area contributed by atoms with E-state index in [-0.39, 0.29) is 29.6 Å². The number of ether oxygens (including phenoxy) is 2.